The standard InChI is InChI=1S/C26H31F2N5O2.C21H21F2N3O4S/c1-19-11-22(32-9-7-31(2)8-10-32)4-6-25(19)34-14-20-13-26(35-15-20,16-33-18-29-17-30-33)23-5-3-21(27)12-24(23)28;1-15-2-5-18(6-3-15)31(27,28)30-11-16-9-21(29-10-16,12-26-14-24-13-25-26)19-7-4-17(22)8-20(19)23/h3-6,11-12,17-18,20H,7-10,13-16H2,1-2H3;2-8,13-14,16H,9-12H2,1H3/t20-,26+;16-,21-/m10/s1. The summed E-state index contributed by atoms with van der Waals surface area (Å²) >= 11 is 0. The Hall–Kier alpha value is -5.73. The molecule has 4 atom stereocenters. The number of aromatic nitrogens is 6. The van der Waals surface area contributed by atoms with E-state index >= 15 is 0 Å². The zero-order valence-electron chi connectivity index (χ0n) is 36.9. The fourth-order valence-corrected chi connectivity index (χ4v) is 9.77. The van der Waals surface area contributed by atoms with Gasteiger partial charge in [0.25, 0.3) is 10.1 Å². The Kier molecular flexibility index (Phi) is 14.2. The van der Waals surface area contributed by atoms with Gasteiger partial charge in [-0.05, 0) is 81.8 Å². The second kappa shape index (κ2) is 20.0. The normalized spacial score (nSPS) is 22.3. The van der Waals surface area contributed by atoms with Crippen LogP contribution in [-0.4, -0.2) is 103 Å². The van der Waals surface area contributed by atoms with E-state index in [4.69, 9.17) is 18.4 Å². The predicted octanol–water partition coefficient (Wildman–Crippen LogP) is 6.83. The van der Waals surface area contributed by atoms with E-state index in [2.05, 4.69) is 56.1 Å². The molecule has 0 unspecified atom stereocenters. The van der Waals surface area contributed by atoms with Crippen molar-refractivity contribution in [3.8, 4) is 5.75 Å². The van der Waals surface area contributed by atoms with Gasteiger partial charge in [-0.2, -0.15) is 18.6 Å². The molecular formula is C47H52F4N8O6S. The van der Waals surface area contributed by atoms with Gasteiger partial charge in [0.05, 0.1) is 44.4 Å². The molecule has 0 aliphatic carbocycles. The lowest BCUT2D eigenvalue weighted by molar-refractivity contribution is -0.0209. The minimum atomic E-state index is -3.94. The molecule has 0 amide bonds. The van der Waals surface area contributed by atoms with Gasteiger partial charge in [0, 0.05) is 67.0 Å². The fourth-order valence-electron chi connectivity index (χ4n) is 8.80. The lowest BCUT2D eigenvalue weighted by Crippen LogP contribution is -2.44. The molecule has 0 saturated carbocycles. The van der Waals surface area contributed by atoms with Crippen molar-refractivity contribution in [2.75, 3.05) is 64.6 Å². The lowest BCUT2D eigenvalue weighted by atomic mass is 9.87. The highest BCUT2D eigenvalue weighted by atomic mass is 32.2. The summed E-state index contributed by atoms with van der Waals surface area (Å²) in [6, 6.07) is 19.6. The molecule has 19 heteroatoms. The maximum atomic E-state index is 14.8. The van der Waals surface area contributed by atoms with Crippen LogP contribution in [0.5, 0.6) is 5.75 Å². The van der Waals surface area contributed by atoms with Gasteiger partial charge in [0.1, 0.15) is 65.5 Å². The van der Waals surface area contributed by atoms with Gasteiger partial charge in [0.15, 0.2) is 0 Å². The molecule has 9 rings (SSSR count). The summed E-state index contributed by atoms with van der Waals surface area (Å²) in [6.45, 7) is 9.36. The Balaban J connectivity index is 0.000000181. The van der Waals surface area contributed by atoms with E-state index in [1.807, 2.05) is 13.0 Å². The van der Waals surface area contributed by atoms with Crippen LogP contribution in [0, 0.1) is 49.0 Å². The molecule has 0 radical (unpaired) electrons. The molecule has 14 nitrogen and oxygen atoms in total. The summed E-state index contributed by atoms with van der Waals surface area (Å²) in [7, 11) is -1.79. The SMILES string of the molecule is Cc1cc(N2CCN(C)CC2)ccc1OC[C@@H]1CO[C@@](Cn2cncn2)(c2ccc(F)cc2F)C1.Cc1ccc(S(=O)(=O)OC[C@@H]2CO[C@@](Cn3cncn3)(c3ccc(F)cc3F)C2)cc1. The molecule has 6 aromatic rings. The highest BCUT2D eigenvalue weighted by molar-refractivity contribution is 7.86. The third-order valence-electron chi connectivity index (χ3n) is 12.3. The van der Waals surface area contributed by atoms with Gasteiger partial charge in [-0.25, -0.2) is 36.9 Å². The molecule has 0 N–H and O–H groups in total. The zero-order chi connectivity index (χ0) is 46.5. The van der Waals surface area contributed by atoms with Gasteiger partial charge in [0.2, 0.25) is 0 Å². The largest absolute Gasteiger partial charge is 0.493 e. The summed E-state index contributed by atoms with van der Waals surface area (Å²) in [5, 5.41) is 8.23. The van der Waals surface area contributed by atoms with E-state index in [1.54, 1.807) is 23.1 Å². The van der Waals surface area contributed by atoms with E-state index in [0.29, 0.717) is 25.2 Å². The van der Waals surface area contributed by atoms with E-state index in [9.17, 15) is 26.0 Å². The summed E-state index contributed by atoms with van der Waals surface area (Å²) < 4.78 is 108. The quantitative estimate of drug-likeness (QED) is 0.0836. The molecule has 3 aliphatic heterocycles. The summed E-state index contributed by atoms with van der Waals surface area (Å²) in [5.74, 6) is -2.12. The van der Waals surface area contributed by atoms with Crippen LogP contribution in [0.1, 0.15) is 35.1 Å². The smallest absolute Gasteiger partial charge is 0.296 e. The van der Waals surface area contributed by atoms with Crippen LogP contribution in [-0.2, 0) is 48.1 Å². The molecule has 2 aromatic heterocycles. The topological polar surface area (TPSA) is 139 Å². The van der Waals surface area contributed by atoms with Crippen molar-refractivity contribution in [2.45, 2.75) is 55.9 Å². The highest BCUT2D eigenvalue weighted by Gasteiger charge is 2.46. The van der Waals surface area contributed by atoms with Gasteiger partial charge < -0.3 is 24.0 Å². The number of rotatable bonds is 14. The van der Waals surface area contributed by atoms with E-state index in [0.717, 1.165) is 61.3 Å². The molecule has 3 fully saturated rings. The summed E-state index contributed by atoms with van der Waals surface area (Å²) in [6.07, 6.45) is 6.60. The molecule has 0 spiro atoms. The number of ether oxygens (including phenoxy) is 3. The van der Waals surface area contributed by atoms with Crippen LogP contribution in [0.15, 0.2) is 109 Å². The maximum absolute atomic E-state index is 14.8. The third kappa shape index (κ3) is 10.9. The number of aryl methyl sites for hydroxylation is 2. The number of hydrogen-bond acceptors (Lipinski definition) is 12. The molecule has 5 heterocycles. The van der Waals surface area contributed by atoms with Crippen molar-refractivity contribution in [3.05, 3.63) is 150 Å². The molecule has 350 valence electrons. The number of hydrogen-bond donors (Lipinski definition) is 0. The van der Waals surface area contributed by atoms with Crippen LogP contribution in [0.3, 0.4) is 0 Å². The zero-order valence-corrected chi connectivity index (χ0v) is 37.7. The molecule has 3 saturated heterocycles. The average Bonchev–Trinajstić information content (AvgIpc) is 4.14. The summed E-state index contributed by atoms with van der Waals surface area (Å²) in [5.41, 5.74) is 1.59. The Morgan fingerprint density at radius 2 is 1.24 bits per heavy atom. The molecule has 66 heavy (non-hydrogen) atoms. The van der Waals surface area contributed by atoms with Crippen molar-refractivity contribution in [1.82, 2.24) is 34.4 Å². The first-order chi connectivity index (χ1) is 31.7. The minimum Gasteiger partial charge on any atom is -0.493 e. The fraction of sp³-hybridized carbons (Fsp3) is 0.404. The summed E-state index contributed by atoms with van der Waals surface area (Å²) in [4.78, 5) is 12.7. The van der Waals surface area contributed by atoms with Gasteiger partial charge in [-0.3, -0.25) is 4.18 Å². The van der Waals surface area contributed by atoms with E-state index in [1.165, 1.54) is 59.7 Å². The number of nitrogens with zero attached hydrogens (tertiary/aromatic N) is 8. The van der Waals surface area contributed by atoms with Crippen molar-refractivity contribution in [1.29, 1.82) is 0 Å². The molecule has 0 bridgehead atoms. The van der Waals surface area contributed by atoms with Gasteiger partial charge in [-0.1, -0.05) is 29.8 Å². The Morgan fingerprint density at radius 1 is 0.697 bits per heavy atom. The predicted molar refractivity (Wildman–Crippen MR) is 235 cm³/mol. The Bertz CT molecular complexity index is 2670. The molecule has 3 aliphatic rings. The minimum absolute atomic E-state index is 0.0414. The van der Waals surface area contributed by atoms with Gasteiger partial charge in [-0.15, -0.1) is 0 Å². The van der Waals surface area contributed by atoms with Crippen LogP contribution < -0.4 is 9.64 Å². The lowest BCUT2D eigenvalue weighted by Gasteiger charge is -2.34. The number of piperazine rings is 1. The second-order valence-corrected chi connectivity index (χ2v) is 18.9. The van der Waals surface area contributed by atoms with Gasteiger partial charge >= 0.3 is 0 Å². The van der Waals surface area contributed by atoms with E-state index in [-0.39, 0.29) is 55.0 Å². The number of anilines is 1. The number of likely N-dealkylation sites (N-methyl/N-ethyl adjacent to an activating group) is 1. The average molecular weight is 933 g/mol. The van der Waals surface area contributed by atoms with Crippen molar-refractivity contribution in [2.24, 2.45) is 11.8 Å². The van der Waals surface area contributed by atoms with Crippen LogP contribution in [0.4, 0.5) is 23.2 Å². The van der Waals surface area contributed by atoms with Crippen LogP contribution in [0.2, 0.25) is 0 Å². The highest BCUT2D eigenvalue weighted by Crippen LogP contribution is 2.43. The number of halogens is 4. The van der Waals surface area contributed by atoms with Crippen molar-refractivity contribution < 1.29 is 44.4 Å². The molecule has 4 aromatic carbocycles. The van der Waals surface area contributed by atoms with Crippen molar-refractivity contribution in [3.63, 3.8) is 0 Å². The first-order valence-corrected chi connectivity index (χ1v) is 23.1. The third-order valence-corrected chi connectivity index (χ3v) is 13.6. The Labute approximate surface area is 381 Å². The maximum Gasteiger partial charge on any atom is 0.296 e. The van der Waals surface area contributed by atoms with Crippen LogP contribution >= 0.6 is 0 Å². The second-order valence-electron chi connectivity index (χ2n) is 17.3. The Morgan fingerprint density at radius 3 is 1.74 bits per heavy atom. The first-order valence-electron chi connectivity index (χ1n) is 21.7. The van der Waals surface area contributed by atoms with Crippen LogP contribution in [0.25, 0.3) is 0 Å². The van der Waals surface area contributed by atoms with Crippen molar-refractivity contribution >= 4 is 15.8 Å². The monoisotopic (exact) mass is 932 g/mol. The number of benzene rings is 4. The molecular weight excluding hydrogens is 881 g/mol. The van der Waals surface area contributed by atoms with E-state index < -0.39 is 44.6 Å². The first kappa shape index (κ1) is 46.8.